The van der Waals surface area contributed by atoms with Crippen molar-refractivity contribution in [2.45, 2.75) is 6.42 Å². The topological polar surface area (TPSA) is 62.3 Å². The van der Waals surface area contributed by atoms with Crippen LogP contribution in [0.2, 0.25) is 0 Å². The molecule has 7 heteroatoms. The van der Waals surface area contributed by atoms with Crippen LogP contribution in [0, 0.1) is 5.92 Å². The number of piperazine rings is 1. The summed E-state index contributed by atoms with van der Waals surface area (Å²) in [6, 6.07) is 5.34. The first-order valence-corrected chi connectivity index (χ1v) is 8.53. The molecular weight excluding hydrogens is 322 g/mol. The quantitative estimate of drug-likeness (QED) is 0.807. The molecular formula is C18H25N3O4. The Morgan fingerprint density at radius 1 is 1.12 bits per heavy atom. The molecule has 2 fully saturated rings. The van der Waals surface area contributed by atoms with Crippen LogP contribution in [0.25, 0.3) is 0 Å². The first-order valence-electron chi connectivity index (χ1n) is 8.53. The van der Waals surface area contributed by atoms with Crippen LogP contribution in [0.5, 0.6) is 11.5 Å². The zero-order valence-electron chi connectivity index (χ0n) is 15.0. The van der Waals surface area contributed by atoms with Gasteiger partial charge in [-0.15, -0.1) is 0 Å². The number of nitrogens with zero attached hydrogens (tertiary/aromatic N) is 3. The summed E-state index contributed by atoms with van der Waals surface area (Å²) in [5.41, 5.74) is 0.653. The molecule has 2 aliphatic heterocycles. The van der Waals surface area contributed by atoms with Crippen molar-refractivity contribution in [1.82, 2.24) is 9.80 Å². The molecule has 0 N–H and O–H groups in total. The lowest BCUT2D eigenvalue weighted by atomic mass is 10.1. The number of hydrogen-bond donors (Lipinski definition) is 0. The Kier molecular flexibility index (Phi) is 5.13. The molecule has 2 saturated heterocycles. The number of anilines is 1. The van der Waals surface area contributed by atoms with E-state index in [0.717, 1.165) is 26.2 Å². The van der Waals surface area contributed by atoms with Crippen molar-refractivity contribution in [3.8, 4) is 11.5 Å². The zero-order chi connectivity index (χ0) is 18.0. The van der Waals surface area contributed by atoms with E-state index in [1.165, 1.54) is 0 Å². The highest BCUT2D eigenvalue weighted by Crippen LogP contribution is 2.36. The zero-order valence-corrected chi connectivity index (χ0v) is 15.0. The normalized spacial score (nSPS) is 21.6. The summed E-state index contributed by atoms with van der Waals surface area (Å²) in [5.74, 6) is 0.968. The summed E-state index contributed by atoms with van der Waals surface area (Å²) < 4.78 is 10.6. The number of likely N-dealkylation sites (N-methyl/N-ethyl adjacent to an activating group) is 1. The van der Waals surface area contributed by atoms with Crippen molar-refractivity contribution < 1.29 is 19.1 Å². The second kappa shape index (κ2) is 7.31. The Balaban J connectivity index is 1.75. The van der Waals surface area contributed by atoms with E-state index < -0.39 is 0 Å². The molecule has 1 atom stereocenters. The maximum absolute atomic E-state index is 12.8. The van der Waals surface area contributed by atoms with Gasteiger partial charge in [0.05, 0.1) is 25.8 Å². The van der Waals surface area contributed by atoms with Gasteiger partial charge in [-0.1, -0.05) is 0 Å². The largest absolute Gasteiger partial charge is 0.497 e. The van der Waals surface area contributed by atoms with E-state index in [-0.39, 0.29) is 24.2 Å². The average molecular weight is 347 g/mol. The third-order valence-corrected chi connectivity index (χ3v) is 4.97. The highest BCUT2D eigenvalue weighted by atomic mass is 16.5. The fourth-order valence-corrected chi connectivity index (χ4v) is 3.40. The van der Waals surface area contributed by atoms with E-state index >= 15 is 0 Å². The van der Waals surface area contributed by atoms with Crippen molar-refractivity contribution >= 4 is 17.5 Å². The summed E-state index contributed by atoms with van der Waals surface area (Å²) in [5, 5.41) is 0. The molecule has 25 heavy (non-hydrogen) atoms. The van der Waals surface area contributed by atoms with Gasteiger partial charge >= 0.3 is 0 Å². The monoisotopic (exact) mass is 347 g/mol. The van der Waals surface area contributed by atoms with E-state index in [1.807, 2.05) is 4.90 Å². The molecule has 0 saturated carbocycles. The minimum Gasteiger partial charge on any atom is -0.497 e. The Labute approximate surface area is 148 Å². The van der Waals surface area contributed by atoms with Crippen molar-refractivity contribution in [2.75, 3.05) is 58.9 Å². The van der Waals surface area contributed by atoms with Gasteiger partial charge in [0.15, 0.2) is 0 Å². The highest BCUT2D eigenvalue weighted by Gasteiger charge is 2.38. The predicted octanol–water partition coefficient (Wildman–Crippen LogP) is 0.831. The van der Waals surface area contributed by atoms with Crippen LogP contribution in [0.4, 0.5) is 5.69 Å². The number of rotatable bonds is 4. The van der Waals surface area contributed by atoms with Gasteiger partial charge in [-0.2, -0.15) is 0 Å². The molecule has 0 unspecified atom stereocenters. The molecule has 0 aliphatic carbocycles. The number of benzene rings is 1. The number of methoxy groups -OCH3 is 2. The number of ether oxygens (including phenoxy) is 2. The van der Waals surface area contributed by atoms with Crippen LogP contribution in [0.1, 0.15) is 6.42 Å². The summed E-state index contributed by atoms with van der Waals surface area (Å²) in [6.45, 7) is 3.58. The van der Waals surface area contributed by atoms with E-state index in [9.17, 15) is 9.59 Å². The standard InChI is InChI=1S/C18H25N3O4/c1-19-6-8-20(9-7-19)18(23)13-10-17(22)21(12-13)15-11-14(24-2)4-5-16(15)25-3/h4-5,11,13H,6-10,12H2,1-3H3/t13-/m0/s1. The molecule has 1 aromatic rings. The highest BCUT2D eigenvalue weighted by molar-refractivity contribution is 6.01. The fourth-order valence-electron chi connectivity index (χ4n) is 3.40. The number of carbonyl (C=O) groups excluding carboxylic acids is 2. The van der Waals surface area contributed by atoms with E-state index in [2.05, 4.69) is 11.9 Å². The maximum atomic E-state index is 12.8. The summed E-state index contributed by atoms with van der Waals surface area (Å²) >= 11 is 0. The molecule has 2 amide bonds. The van der Waals surface area contributed by atoms with Gasteiger partial charge in [0.1, 0.15) is 11.5 Å². The van der Waals surface area contributed by atoms with Crippen LogP contribution in [0.15, 0.2) is 18.2 Å². The predicted molar refractivity (Wildman–Crippen MR) is 94.1 cm³/mol. The van der Waals surface area contributed by atoms with Gasteiger partial charge in [-0.3, -0.25) is 9.59 Å². The third kappa shape index (κ3) is 3.56. The van der Waals surface area contributed by atoms with Crippen molar-refractivity contribution in [2.24, 2.45) is 5.92 Å². The summed E-state index contributed by atoms with van der Waals surface area (Å²) in [6.07, 6.45) is 0.242. The number of hydrogen-bond acceptors (Lipinski definition) is 5. The SMILES string of the molecule is COc1ccc(OC)c(N2C[C@@H](C(=O)N3CCN(C)CC3)CC2=O)c1. The lowest BCUT2D eigenvalue weighted by molar-refractivity contribution is -0.137. The van der Waals surface area contributed by atoms with Crippen LogP contribution < -0.4 is 14.4 Å². The van der Waals surface area contributed by atoms with Gasteiger partial charge in [0, 0.05) is 45.2 Å². The molecule has 0 aromatic heterocycles. The molecule has 0 bridgehead atoms. The molecule has 0 spiro atoms. The van der Waals surface area contributed by atoms with E-state index in [1.54, 1.807) is 37.3 Å². The average Bonchev–Trinajstić information content (AvgIpc) is 3.02. The minimum absolute atomic E-state index is 0.0565. The smallest absolute Gasteiger partial charge is 0.228 e. The van der Waals surface area contributed by atoms with Gasteiger partial charge < -0.3 is 24.2 Å². The lowest BCUT2D eigenvalue weighted by Crippen LogP contribution is -2.49. The fraction of sp³-hybridized carbons (Fsp3) is 0.556. The van der Waals surface area contributed by atoms with Crippen LogP contribution in [-0.2, 0) is 9.59 Å². The second-order valence-corrected chi connectivity index (χ2v) is 6.57. The summed E-state index contributed by atoms with van der Waals surface area (Å²) in [7, 11) is 5.20. The molecule has 2 heterocycles. The van der Waals surface area contributed by atoms with Gasteiger partial charge in [-0.25, -0.2) is 0 Å². The first kappa shape index (κ1) is 17.5. The third-order valence-electron chi connectivity index (χ3n) is 4.97. The van der Waals surface area contributed by atoms with Gasteiger partial charge in [0.25, 0.3) is 0 Å². The Morgan fingerprint density at radius 2 is 1.84 bits per heavy atom. The van der Waals surface area contributed by atoms with E-state index in [4.69, 9.17) is 9.47 Å². The Bertz CT molecular complexity index is 656. The minimum atomic E-state index is -0.299. The number of carbonyl (C=O) groups is 2. The van der Waals surface area contributed by atoms with Crippen molar-refractivity contribution in [1.29, 1.82) is 0 Å². The van der Waals surface area contributed by atoms with E-state index in [0.29, 0.717) is 23.7 Å². The molecule has 3 rings (SSSR count). The molecule has 7 nitrogen and oxygen atoms in total. The molecule has 0 radical (unpaired) electrons. The summed E-state index contributed by atoms with van der Waals surface area (Å²) in [4.78, 5) is 31.0. The van der Waals surface area contributed by atoms with Crippen molar-refractivity contribution in [3.63, 3.8) is 0 Å². The Morgan fingerprint density at radius 3 is 2.48 bits per heavy atom. The second-order valence-electron chi connectivity index (χ2n) is 6.57. The van der Waals surface area contributed by atoms with Crippen LogP contribution >= 0.6 is 0 Å². The lowest BCUT2D eigenvalue weighted by Gasteiger charge is -2.33. The molecule has 1 aromatic carbocycles. The maximum Gasteiger partial charge on any atom is 0.228 e. The van der Waals surface area contributed by atoms with Crippen LogP contribution in [-0.4, -0.2) is 75.6 Å². The van der Waals surface area contributed by atoms with Gasteiger partial charge in [-0.05, 0) is 19.2 Å². The van der Waals surface area contributed by atoms with Crippen LogP contribution in [0.3, 0.4) is 0 Å². The number of amides is 2. The Hall–Kier alpha value is -2.28. The molecule has 2 aliphatic rings. The van der Waals surface area contributed by atoms with Gasteiger partial charge in [0.2, 0.25) is 11.8 Å². The van der Waals surface area contributed by atoms with Crippen molar-refractivity contribution in [3.05, 3.63) is 18.2 Å². The first-order chi connectivity index (χ1) is 12.0. The molecule has 136 valence electrons.